The normalized spacial score (nSPS) is 33.9. The minimum absolute atomic E-state index is 0.140. The van der Waals surface area contributed by atoms with E-state index in [0.717, 1.165) is 79.6 Å². The van der Waals surface area contributed by atoms with Crippen LogP contribution in [-0.2, 0) is 24.7 Å². The summed E-state index contributed by atoms with van der Waals surface area (Å²) in [4.78, 5) is 2.63. The third-order valence-electron chi connectivity index (χ3n) is 9.74. The van der Waals surface area contributed by atoms with Gasteiger partial charge in [0, 0.05) is 42.1 Å². The number of phenols is 1. The zero-order valence-corrected chi connectivity index (χ0v) is 20.4. The van der Waals surface area contributed by atoms with Crippen molar-refractivity contribution in [2.75, 3.05) is 24.6 Å². The summed E-state index contributed by atoms with van der Waals surface area (Å²) in [5.74, 6) is 3.97. The maximum Gasteiger partial charge on any atom is 0.119 e. The number of aromatic amines is 1. The van der Waals surface area contributed by atoms with E-state index in [0.29, 0.717) is 18.1 Å². The summed E-state index contributed by atoms with van der Waals surface area (Å²) in [5, 5.41) is 32.0. The molecule has 2 aliphatic heterocycles. The minimum atomic E-state index is -0.819. The maximum absolute atomic E-state index is 12.8. The molecule has 5 aliphatic rings. The summed E-state index contributed by atoms with van der Waals surface area (Å²) < 4.78 is 0. The first kappa shape index (κ1) is 20.8. The van der Waals surface area contributed by atoms with Crippen molar-refractivity contribution in [3.05, 3.63) is 45.8 Å². The van der Waals surface area contributed by atoms with E-state index < -0.39 is 5.60 Å². The summed E-state index contributed by atoms with van der Waals surface area (Å²) in [6.07, 6.45) is 8.20. The average molecular weight is 466 g/mol. The van der Waals surface area contributed by atoms with E-state index in [1.807, 2.05) is 17.8 Å². The highest BCUT2D eigenvalue weighted by atomic mass is 32.2. The molecule has 2 bridgehead atoms. The number of hydrogen-bond donors (Lipinski definition) is 3. The number of thioether (sulfide) groups is 1. The number of benzene rings is 1. The first-order valence-corrected chi connectivity index (χ1v) is 14.1. The van der Waals surface area contributed by atoms with Crippen LogP contribution in [0.1, 0.15) is 71.7 Å². The monoisotopic (exact) mass is 465 g/mol. The largest absolute Gasteiger partial charge is 0.508 e. The Morgan fingerprint density at radius 2 is 2.00 bits per heavy atom. The number of rotatable bonds is 3. The molecule has 5 nitrogen and oxygen atoms in total. The van der Waals surface area contributed by atoms with Gasteiger partial charge in [0.05, 0.1) is 11.3 Å². The lowest BCUT2D eigenvalue weighted by Crippen LogP contribution is -2.74. The van der Waals surface area contributed by atoms with Crippen LogP contribution in [0.3, 0.4) is 0 Å². The third-order valence-corrected chi connectivity index (χ3v) is 10.8. The Morgan fingerprint density at radius 1 is 1.18 bits per heavy atom. The van der Waals surface area contributed by atoms with Gasteiger partial charge in [-0.15, -0.1) is 0 Å². The smallest absolute Gasteiger partial charge is 0.119 e. The number of piperidine rings is 1. The Morgan fingerprint density at radius 3 is 2.79 bits per heavy atom. The van der Waals surface area contributed by atoms with Gasteiger partial charge < -0.3 is 10.2 Å². The first-order valence-electron chi connectivity index (χ1n) is 12.9. The van der Waals surface area contributed by atoms with Gasteiger partial charge in [-0.25, -0.2) is 0 Å². The lowest BCUT2D eigenvalue weighted by molar-refractivity contribution is -0.152. The fourth-order valence-electron chi connectivity index (χ4n) is 7.87. The van der Waals surface area contributed by atoms with Crippen LogP contribution in [0.15, 0.2) is 12.1 Å². The van der Waals surface area contributed by atoms with E-state index in [1.165, 1.54) is 29.5 Å². The molecule has 176 valence electrons. The van der Waals surface area contributed by atoms with Gasteiger partial charge in [-0.05, 0) is 98.1 Å². The number of fused-ring (bicyclic) bond motifs is 2. The molecule has 1 aromatic carbocycles. The Labute approximate surface area is 200 Å². The van der Waals surface area contributed by atoms with Crippen molar-refractivity contribution in [3.8, 4) is 5.75 Å². The Bertz CT molecular complexity index is 1110. The molecule has 7 rings (SSSR count). The molecule has 6 heteroatoms. The van der Waals surface area contributed by atoms with Crippen molar-refractivity contribution >= 4 is 11.8 Å². The SMILES string of the molecule is Cc1[nH]nc2c1C[C@@]1(O)[C@H]3Cc4ccc(O)c(C5CCSCC5)c4[C@@]1(CCN3CC1CC1)C2. The number of hydrogen-bond acceptors (Lipinski definition) is 5. The van der Waals surface area contributed by atoms with Crippen molar-refractivity contribution in [1.29, 1.82) is 0 Å². The second kappa shape index (κ2) is 7.25. The van der Waals surface area contributed by atoms with E-state index in [4.69, 9.17) is 5.10 Å². The van der Waals surface area contributed by atoms with E-state index in [-0.39, 0.29) is 11.5 Å². The number of aromatic nitrogens is 2. The van der Waals surface area contributed by atoms with Crippen molar-refractivity contribution in [3.63, 3.8) is 0 Å². The molecule has 3 heterocycles. The van der Waals surface area contributed by atoms with Gasteiger partial charge in [-0.2, -0.15) is 16.9 Å². The lowest BCUT2D eigenvalue weighted by Gasteiger charge is -2.64. The molecule has 3 fully saturated rings. The number of H-pyrrole nitrogens is 1. The molecule has 0 radical (unpaired) electrons. The molecule has 2 aromatic rings. The van der Waals surface area contributed by atoms with Gasteiger partial charge in [0.2, 0.25) is 0 Å². The number of aliphatic hydroxyl groups is 1. The Balaban J connectivity index is 1.44. The fraction of sp³-hybridized carbons (Fsp3) is 0.667. The van der Waals surface area contributed by atoms with Crippen molar-refractivity contribution < 1.29 is 10.2 Å². The summed E-state index contributed by atoms with van der Waals surface area (Å²) in [6, 6.07) is 4.26. The zero-order valence-electron chi connectivity index (χ0n) is 19.6. The molecule has 0 unspecified atom stereocenters. The molecule has 1 saturated carbocycles. The van der Waals surface area contributed by atoms with Crippen LogP contribution in [0.25, 0.3) is 0 Å². The highest BCUT2D eigenvalue weighted by Crippen LogP contribution is 2.60. The molecule has 0 amide bonds. The lowest BCUT2D eigenvalue weighted by atomic mass is 9.48. The number of phenolic OH excluding ortho intramolecular Hbond substituents is 1. The van der Waals surface area contributed by atoms with Crippen LogP contribution in [0.4, 0.5) is 0 Å². The highest BCUT2D eigenvalue weighted by Gasteiger charge is 2.66. The second-order valence-electron chi connectivity index (χ2n) is 11.5. The number of likely N-dealkylation sites (tertiary alicyclic amines) is 1. The van der Waals surface area contributed by atoms with Crippen LogP contribution in [0, 0.1) is 12.8 Å². The van der Waals surface area contributed by atoms with E-state index in [2.05, 4.69) is 23.0 Å². The predicted molar refractivity (Wildman–Crippen MR) is 131 cm³/mol. The number of nitrogens with zero attached hydrogens (tertiary/aromatic N) is 2. The third kappa shape index (κ3) is 2.90. The summed E-state index contributed by atoms with van der Waals surface area (Å²) >= 11 is 2.03. The van der Waals surface area contributed by atoms with Crippen LogP contribution in [0.5, 0.6) is 5.75 Å². The second-order valence-corrected chi connectivity index (χ2v) is 12.7. The van der Waals surface area contributed by atoms with Crippen LogP contribution in [0.2, 0.25) is 0 Å². The fourth-order valence-corrected chi connectivity index (χ4v) is 8.98. The number of nitrogens with one attached hydrogen (secondary N) is 1. The van der Waals surface area contributed by atoms with Crippen molar-refractivity contribution in [2.45, 2.75) is 81.3 Å². The molecule has 1 aromatic heterocycles. The van der Waals surface area contributed by atoms with Crippen molar-refractivity contribution in [2.24, 2.45) is 5.92 Å². The molecule has 33 heavy (non-hydrogen) atoms. The van der Waals surface area contributed by atoms with E-state index >= 15 is 0 Å². The van der Waals surface area contributed by atoms with Crippen LogP contribution >= 0.6 is 11.8 Å². The van der Waals surface area contributed by atoms with Crippen molar-refractivity contribution in [1.82, 2.24) is 15.1 Å². The highest BCUT2D eigenvalue weighted by molar-refractivity contribution is 7.99. The summed E-state index contributed by atoms with van der Waals surface area (Å²) in [5.41, 5.74) is 6.11. The van der Waals surface area contributed by atoms with E-state index in [9.17, 15) is 10.2 Å². The quantitative estimate of drug-likeness (QED) is 0.642. The van der Waals surface area contributed by atoms with Gasteiger partial charge >= 0.3 is 0 Å². The predicted octanol–water partition coefficient (Wildman–Crippen LogP) is 3.84. The minimum Gasteiger partial charge on any atom is -0.508 e. The molecule has 2 saturated heterocycles. The summed E-state index contributed by atoms with van der Waals surface area (Å²) in [7, 11) is 0. The number of aryl methyl sites for hydroxylation is 1. The van der Waals surface area contributed by atoms with Gasteiger partial charge in [-0.3, -0.25) is 10.00 Å². The topological polar surface area (TPSA) is 72.4 Å². The van der Waals surface area contributed by atoms with Gasteiger partial charge in [0.25, 0.3) is 0 Å². The standard InChI is InChI=1S/C27H35N3O2S/c1-16-20-13-27(32)23-12-19-4-5-22(31)24(18-6-10-33-11-7-18)25(19)26(27,14-21(20)29-28-16)8-9-30(23)15-17-2-3-17/h4-5,17-18,23,31-32H,2-3,6-15H2,1H3,(H,28,29)/t23-,26-,27-/m1/s1. The zero-order chi connectivity index (χ0) is 22.4. The Kier molecular flexibility index (Phi) is 4.58. The van der Waals surface area contributed by atoms with Crippen LogP contribution in [-0.4, -0.2) is 61.5 Å². The molecular formula is C27H35N3O2S. The van der Waals surface area contributed by atoms with Gasteiger partial charge in [0.15, 0.2) is 0 Å². The van der Waals surface area contributed by atoms with Crippen LogP contribution < -0.4 is 0 Å². The molecule has 3 N–H and O–H groups in total. The van der Waals surface area contributed by atoms with E-state index in [1.54, 1.807) is 0 Å². The first-order chi connectivity index (χ1) is 16.0. The molecule has 3 aliphatic carbocycles. The average Bonchev–Trinajstić information content (AvgIpc) is 3.57. The molecular weight excluding hydrogens is 430 g/mol. The van der Waals surface area contributed by atoms with Gasteiger partial charge in [-0.1, -0.05) is 6.07 Å². The maximum atomic E-state index is 12.8. The number of aromatic hydroxyl groups is 1. The Hall–Kier alpha value is -1.50. The summed E-state index contributed by atoms with van der Waals surface area (Å²) in [6.45, 7) is 4.26. The molecule has 0 spiro atoms. The van der Waals surface area contributed by atoms with Gasteiger partial charge in [0.1, 0.15) is 5.75 Å². The molecule has 3 atom stereocenters.